The number of carbonyl (C=O) groups is 1. The Hall–Kier alpha value is -3.04. The van der Waals surface area contributed by atoms with Crippen molar-refractivity contribution in [1.82, 2.24) is 9.80 Å². The number of rotatable bonds is 9. The lowest BCUT2D eigenvalue weighted by atomic mass is 9.97. The maximum atomic E-state index is 13.8. The lowest BCUT2D eigenvalue weighted by molar-refractivity contribution is 0.0707. The molecule has 0 aliphatic carbocycles. The summed E-state index contributed by atoms with van der Waals surface area (Å²) < 4.78 is 23.4. The van der Waals surface area contributed by atoms with Gasteiger partial charge in [-0.3, -0.25) is 9.59 Å². The van der Waals surface area contributed by atoms with Crippen molar-refractivity contribution in [3.05, 3.63) is 61.9 Å². The SMILES string of the molecule is CCN(CC)CCN1C(=O)c2oc3ccc(Br)cc3c(=O)c2[C@@H]1c1cc(OC)c(OC)c(OC)c1. The molecule has 0 bridgehead atoms. The first-order valence-corrected chi connectivity index (χ1v) is 12.3. The van der Waals surface area contributed by atoms with Crippen molar-refractivity contribution >= 4 is 32.8 Å². The number of halogens is 1. The minimum absolute atomic E-state index is 0.0723. The number of ether oxygens (including phenoxy) is 3. The summed E-state index contributed by atoms with van der Waals surface area (Å²) in [4.78, 5) is 31.3. The number of benzene rings is 2. The number of amides is 1. The van der Waals surface area contributed by atoms with Crippen molar-refractivity contribution in [2.45, 2.75) is 19.9 Å². The molecule has 1 aromatic heterocycles. The van der Waals surface area contributed by atoms with Gasteiger partial charge in [-0.15, -0.1) is 0 Å². The van der Waals surface area contributed by atoms with Gasteiger partial charge in [-0.1, -0.05) is 29.8 Å². The molecule has 2 heterocycles. The van der Waals surface area contributed by atoms with E-state index in [-0.39, 0.29) is 17.1 Å². The van der Waals surface area contributed by atoms with Gasteiger partial charge in [-0.25, -0.2) is 0 Å². The fourth-order valence-electron chi connectivity index (χ4n) is 4.62. The Balaban J connectivity index is 1.95. The molecule has 1 aliphatic heterocycles. The van der Waals surface area contributed by atoms with Crippen molar-refractivity contribution in [2.24, 2.45) is 0 Å². The van der Waals surface area contributed by atoms with Gasteiger partial charge in [-0.05, 0) is 49.0 Å². The first kappa shape index (κ1) is 25.1. The predicted octanol–water partition coefficient (Wildman–Crippen LogP) is 4.47. The quantitative estimate of drug-likeness (QED) is 0.393. The average molecular weight is 545 g/mol. The highest BCUT2D eigenvalue weighted by molar-refractivity contribution is 9.10. The molecular weight excluding hydrogens is 516 g/mol. The highest BCUT2D eigenvalue weighted by atomic mass is 79.9. The lowest BCUT2D eigenvalue weighted by Gasteiger charge is -2.28. The number of hydrogen-bond donors (Lipinski definition) is 0. The third-order valence-corrected chi connectivity index (χ3v) is 6.98. The first-order chi connectivity index (χ1) is 16.9. The molecule has 1 aliphatic rings. The van der Waals surface area contributed by atoms with Crippen LogP contribution in [0.2, 0.25) is 0 Å². The van der Waals surface area contributed by atoms with Gasteiger partial charge in [0.15, 0.2) is 16.9 Å². The van der Waals surface area contributed by atoms with Gasteiger partial charge in [-0.2, -0.15) is 0 Å². The molecule has 1 amide bonds. The molecule has 2 aromatic carbocycles. The van der Waals surface area contributed by atoms with Crippen LogP contribution in [0.15, 0.2) is 44.0 Å². The molecule has 0 saturated carbocycles. The van der Waals surface area contributed by atoms with Gasteiger partial charge < -0.3 is 28.4 Å². The summed E-state index contributed by atoms with van der Waals surface area (Å²) in [6, 6.07) is 8.10. The van der Waals surface area contributed by atoms with E-state index < -0.39 is 6.04 Å². The van der Waals surface area contributed by atoms with Gasteiger partial charge in [0.25, 0.3) is 5.91 Å². The zero-order valence-electron chi connectivity index (χ0n) is 20.5. The summed E-state index contributed by atoms with van der Waals surface area (Å²) in [5.41, 5.74) is 1.13. The van der Waals surface area contributed by atoms with E-state index in [4.69, 9.17) is 18.6 Å². The van der Waals surface area contributed by atoms with E-state index in [1.54, 1.807) is 35.2 Å². The second-order valence-corrected chi connectivity index (χ2v) is 9.12. The van der Waals surface area contributed by atoms with E-state index in [1.165, 1.54) is 21.3 Å². The van der Waals surface area contributed by atoms with Crippen LogP contribution in [0.5, 0.6) is 17.2 Å². The zero-order chi connectivity index (χ0) is 25.3. The van der Waals surface area contributed by atoms with E-state index in [1.807, 2.05) is 0 Å². The number of carbonyl (C=O) groups excluding carboxylic acids is 1. The molecule has 0 unspecified atom stereocenters. The second-order valence-electron chi connectivity index (χ2n) is 8.20. The molecular formula is C26H29BrN2O6. The van der Waals surface area contributed by atoms with Crippen LogP contribution in [0.1, 0.15) is 41.6 Å². The normalized spacial score (nSPS) is 15.1. The standard InChI is InChI=1S/C26H29BrN2O6/c1-6-28(7-2)10-11-29-22(15-12-19(32-3)24(34-5)20(13-15)33-4)21-23(30)17-14-16(27)8-9-18(17)35-25(21)26(29)31/h8-9,12-14,22H,6-7,10-11H2,1-5H3/t22-/m0/s1. The van der Waals surface area contributed by atoms with Crippen molar-refractivity contribution in [3.8, 4) is 17.2 Å². The maximum Gasteiger partial charge on any atom is 0.290 e. The number of likely N-dealkylation sites (N-methyl/N-ethyl adjacent to an activating group) is 1. The van der Waals surface area contributed by atoms with Crippen LogP contribution in [0.25, 0.3) is 11.0 Å². The Morgan fingerprint density at radius 2 is 1.66 bits per heavy atom. The summed E-state index contributed by atoms with van der Waals surface area (Å²) in [5, 5.41) is 0.411. The van der Waals surface area contributed by atoms with Gasteiger partial charge >= 0.3 is 0 Å². The van der Waals surface area contributed by atoms with E-state index in [2.05, 4.69) is 34.7 Å². The zero-order valence-corrected chi connectivity index (χ0v) is 22.1. The number of fused-ring (bicyclic) bond motifs is 2. The van der Waals surface area contributed by atoms with Crippen LogP contribution in [-0.2, 0) is 0 Å². The molecule has 0 saturated heterocycles. The molecule has 0 radical (unpaired) electrons. The smallest absolute Gasteiger partial charge is 0.290 e. The topological polar surface area (TPSA) is 81.5 Å². The molecule has 9 heteroatoms. The lowest BCUT2D eigenvalue weighted by Crippen LogP contribution is -2.37. The van der Waals surface area contributed by atoms with Crippen molar-refractivity contribution in [2.75, 3.05) is 47.5 Å². The Morgan fingerprint density at radius 1 is 1.00 bits per heavy atom. The molecule has 1 atom stereocenters. The summed E-state index contributed by atoms with van der Waals surface area (Å²) in [6.45, 7) is 6.95. The Labute approximate surface area is 212 Å². The second kappa shape index (κ2) is 10.3. The maximum absolute atomic E-state index is 13.8. The van der Waals surface area contributed by atoms with E-state index in [0.717, 1.165) is 17.6 Å². The fourth-order valence-corrected chi connectivity index (χ4v) is 4.98. The Kier molecular flexibility index (Phi) is 7.37. The van der Waals surface area contributed by atoms with Gasteiger partial charge in [0, 0.05) is 17.6 Å². The largest absolute Gasteiger partial charge is 0.493 e. The van der Waals surface area contributed by atoms with Crippen LogP contribution < -0.4 is 19.6 Å². The number of methoxy groups -OCH3 is 3. The monoisotopic (exact) mass is 544 g/mol. The van der Waals surface area contributed by atoms with Crippen LogP contribution in [-0.4, -0.2) is 63.2 Å². The molecule has 35 heavy (non-hydrogen) atoms. The predicted molar refractivity (Wildman–Crippen MR) is 137 cm³/mol. The van der Waals surface area contributed by atoms with E-state index in [0.29, 0.717) is 52.4 Å². The molecule has 8 nitrogen and oxygen atoms in total. The average Bonchev–Trinajstić information content (AvgIpc) is 3.15. The van der Waals surface area contributed by atoms with Crippen LogP contribution in [0.4, 0.5) is 0 Å². The summed E-state index contributed by atoms with van der Waals surface area (Å²) in [7, 11) is 4.60. The van der Waals surface area contributed by atoms with Crippen LogP contribution >= 0.6 is 15.9 Å². The van der Waals surface area contributed by atoms with Crippen LogP contribution in [0, 0.1) is 0 Å². The molecule has 4 rings (SSSR count). The summed E-state index contributed by atoms with van der Waals surface area (Å²) in [5.74, 6) is 1.09. The van der Waals surface area contributed by atoms with Gasteiger partial charge in [0.1, 0.15) is 5.58 Å². The molecule has 0 spiro atoms. The Bertz CT molecular complexity index is 1290. The summed E-state index contributed by atoms with van der Waals surface area (Å²) in [6.07, 6.45) is 0. The molecule has 186 valence electrons. The van der Waals surface area contributed by atoms with Crippen molar-refractivity contribution in [3.63, 3.8) is 0 Å². The van der Waals surface area contributed by atoms with Crippen LogP contribution in [0.3, 0.4) is 0 Å². The molecule has 0 N–H and O–H groups in total. The molecule has 3 aromatic rings. The minimum Gasteiger partial charge on any atom is -0.493 e. The highest BCUT2D eigenvalue weighted by Crippen LogP contribution is 2.45. The van der Waals surface area contributed by atoms with Crippen molar-refractivity contribution < 1.29 is 23.4 Å². The number of nitrogens with zero attached hydrogens (tertiary/aromatic N) is 2. The van der Waals surface area contributed by atoms with E-state index in [9.17, 15) is 9.59 Å². The number of hydrogen-bond acceptors (Lipinski definition) is 7. The first-order valence-electron chi connectivity index (χ1n) is 11.5. The summed E-state index contributed by atoms with van der Waals surface area (Å²) >= 11 is 3.43. The minimum atomic E-state index is -0.665. The van der Waals surface area contributed by atoms with Gasteiger partial charge in [0.2, 0.25) is 11.5 Å². The molecule has 0 fully saturated rings. The fraction of sp³-hybridized carbons (Fsp3) is 0.385. The highest BCUT2D eigenvalue weighted by Gasteiger charge is 2.43. The third kappa shape index (κ3) is 4.38. The Morgan fingerprint density at radius 3 is 2.23 bits per heavy atom. The van der Waals surface area contributed by atoms with Crippen molar-refractivity contribution in [1.29, 1.82) is 0 Å². The van der Waals surface area contributed by atoms with Gasteiger partial charge in [0.05, 0.1) is 38.3 Å². The van der Waals surface area contributed by atoms with E-state index >= 15 is 0 Å². The third-order valence-electron chi connectivity index (χ3n) is 6.48.